The first kappa shape index (κ1) is 31.0. The van der Waals surface area contributed by atoms with Crippen LogP contribution in [0.5, 0.6) is 0 Å². The summed E-state index contributed by atoms with van der Waals surface area (Å²) in [6.45, 7) is 9.44. The lowest BCUT2D eigenvalue weighted by Crippen LogP contribution is -2.31. The zero-order chi connectivity index (χ0) is 30.1. The molecule has 3 aromatic carbocycles. The summed E-state index contributed by atoms with van der Waals surface area (Å²) in [7, 11) is 0. The van der Waals surface area contributed by atoms with Gasteiger partial charge in [0.1, 0.15) is 0 Å². The summed E-state index contributed by atoms with van der Waals surface area (Å²) in [6, 6.07) is 25.2. The maximum Gasteiger partial charge on any atom is 0.0517 e. The van der Waals surface area contributed by atoms with Crippen molar-refractivity contribution in [2.75, 3.05) is 78.5 Å². The first-order valence-electron chi connectivity index (χ1n) is 15.5. The molecule has 12 aliphatic heterocycles. The van der Waals surface area contributed by atoms with Crippen molar-refractivity contribution < 1.29 is 0 Å². The molecule has 0 aliphatic carbocycles. The van der Waals surface area contributed by atoms with Crippen molar-refractivity contribution in [2.45, 2.75) is 0 Å². The molecule has 0 saturated heterocycles. The normalized spacial score (nSPS) is 24.8. The molecular formula is C36H42N8. The van der Waals surface area contributed by atoms with Crippen LogP contribution >= 0.6 is 0 Å². The highest BCUT2D eigenvalue weighted by Gasteiger charge is 2.05. The van der Waals surface area contributed by atoms with E-state index in [1.807, 2.05) is 37.3 Å². The maximum atomic E-state index is 4.72. The molecule has 8 nitrogen and oxygen atoms in total. The lowest BCUT2D eigenvalue weighted by Gasteiger charge is -2.19. The van der Waals surface area contributed by atoms with Crippen LogP contribution in [0.3, 0.4) is 0 Å². The van der Waals surface area contributed by atoms with Gasteiger partial charge in [-0.05, 0) is 33.4 Å². The van der Waals surface area contributed by atoms with Crippen molar-refractivity contribution in [2.24, 2.45) is 30.0 Å². The molecule has 8 bridgehead atoms. The van der Waals surface area contributed by atoms with Crippen molar-refractivity contribution >= 4 is 37.3 Å². The smallest absolute Gasteiger partial charge is 0.0517 e. The van der Waals surface area contributed by atoms with Gasteiger partial charge < -0.3 is 0 Å². The van der Waals surface area contributed by atoms with E-state index in [-0.39, 0.29) is 0 Å². The number of rotatable bonds is 0. The molecule has 0 radical (unpaired) electrons. The average Bonchev–Trinajstić information content (AvgIpc) is 3.05. The maximum absolute atomic E-state index is 4.72. The molecule has 0 amide bonds. The van der Waals surface area contributed by atoms with E-state index < -0.39 is 0 Å². The Morgan fingerprint density at radius 2 is 0.432 bits per heavy atom. The van der Waals surface area contributed by atoms with E-state index >= 15 is 0 Å². The Morgan fingerprint density at radius 3 is 0.591 bits per heavy atom. The average molecular weight is 587 g/mol. The number of nitrogens with zero attached hydrogens (tertiary/aromatic N) is 8. The Bertz CT molecular complexity index is 1160. The molecule has 0 spiro atoms. The molecule has 0 fully saturated rings. The fourth-order valence-electron chi connectivity index (χ4n) is 4.89. The Kier molecular flexibility index (Phi) is 12.5. The van der Waals surface area contributed by atoms with Gasteiger partial charge in [-0.1, -0.05) is 72.8 Å². The van der Waals surface area contributed by atoms with Gasteiger partial charge in [0.15, 0.2) is 0 Å². The van der Waals surface area contributed by atoms with Crippen molar-refractivity contribution in [1.29, 1.82) is 0 Å². The Balaban J connectivity index is 1.39. The van der Waals surface area contributed by atoms with Gasteiger partial charge in [-0.3, -0.25) is 39.8 Å². The minimum Gasteiger partial charge on any atom is -0.298 e. The van der Waals surface area contributed by atoms with Gasteiger partial charge in [0.05, 0.1) is 39.3 Å². The van der Waals surface area contributed by atoms with E-state index in [9.17, 15) is 0 Å². The Labute approximate surface area is 261 Å². The van der Waals surface area contributed by atoms with Crippen LogP contribution in [0, 0.1) is 0 Å². The van der Waals surface area contributed by atoms with Crippen LogP contribution in [-0.2, 0) is 0 Å². The van der Waals surface area contributed by atoms with Gasteiger partial charge >= 0.3 is 0 Å². The number of hydrogen-bond acceptors (Lipinski definition) is 8. The highest BCUT2D eigenvalue weighted by atomic mass is 15.2. The predicted octanol–water partition coefficient (Wildman–Crippen LogP) is 4.23. The number of hydrogen-bond donors (Lipinski definition) is 0. The zero-order valence-electron chi connectivity index (χ0n) is 25.5. The van der Waals surface area contributed by atoms with E-state index in [2.05, 4.69) is 82.6 Å². The molecule has 0 N–H and O–H groups in total. The van der Waals surface area contributed by atoms with Crippen LogP contribution in [-0.4, -0.2) is 126 Å². The standard InChI is InChI=1S/C36H42N8/c1-2-32-4-3-31(1)25-37-13-19-43-21-15-39-27-33-5-9-35(10-6-33)29-41-17-23-44(20-14-38-26-32)24-18-42-30-36-11-7-34(8-12-36)28-40-16-22-43/h1-12,25-30H,13-24H2/b37-25-,38-26+,39-27+,40-28+,41-29+,42-30+. The molecule has 3 aromatic rings. The van der Waals surface area contributed by atoms with Gasteiger partial charge in [-0.25, -0.2) is 0 Å². The summed E-state index contributed by atoms with van der Waals surface area (Å²) >= 11 is 0. The fraction of sp³-hybridized carbons (Fsp3) is 0.333. The minimum absolute atomic E-state index is 0.721. The van der Waals surface area contributed by atoms with E-state index in [4.69, 9.17) is 30.0 Å². The van der Waals surface area contributed by atoms with Crippen LogP contribution in [0.15, 0.2) is 103 Å². The third-order valence-corrected chi connectivity index (χ3v) is 7.52. The quantitative estimate of drug-likeness (QED) is 0.395. The molecule has 0 unspecified atom stereocenters. The van der Waals surface area contributed by atoms with Crippen LogP contribution in [0.1, 0.15) is 33.4 Å². The van der Waals surface area contributed by atoms with Gasteiger partial charge in [0, 0.05) is 76.6 Å². The second-order valence-corrected chi connectivity index (χ2v) is 10.9. The highest BCUT2D eigenvalue weighted by Crippen LogP contribution is 2.04. The second-order valence-electron chi connectivity index (χ2n) is 10.9. The third kappa shape index (κ3) is 11.0. The van der Waals surface area contributed by atoms with E-state index in [1.54, 1.807) is 0 Å². The Morgan fingerprint density at radius 1 is 0.273 bits per heavy atom. The van der Waals surface area contributed by atoms with Crippen molar-refractivity contribution in [3.8, 4) is 0 Å². The number of aliphatic imine (C=N–C) groups is 6. The van der Waals surface area contributed by atoms with Crippen LogP contribution < -0.4 is 0 Å². The predicted molar refractivity (Wildman–Crippen MR) is 187 cm³/mol. The zero-order valence-corrected chi connectivity index (χ0v) is 25.5. The first-order chi connectivity index (χ1) is 21.8. The molecule has 44 heavy (non-hydrogen) atoms. The molecule has 12 aliphatic rings. The molecule has 226 valence electrons. The second kappa shape index (κ2) is 17.7. The number of benzene rings is 3. The largest absolute Gasteiger partial charge is 0.298 e. The lowest BCUT2D eigenvalue weighted by molar-refractivity contribution is 0.298. The van der Waals surface area contributed by atoms with Crippen molar-refractivity contribution in [1.82, 2.24) is 9.80 Å². The molecule has 15 rings (SSSR count). The Hall–Kier alpha value is -4.40. The van der Waals surface area contributed by atoms with Gasteiger partial charge in [-0.2, -0.15) is 0 Å². The monoisotopic (exact) mass is 586 g/mol. The summed E-state index contributed by atoms with van der Waals surface area (Å²) < 4.78 is 0. The summed E-state index contributed by atoms with van der Waals surface area (Å²) in [5, 5.41) is 0. The van der Waals surface area contributed by atoms with Crippen LogP contribution in [0.4, 0.5) is 0 Å². The topological polar surface area (TPSA) is 80.6 Å². The van der Waals surface area contributed by atoms with Crippen LogP contribution in [0.25, 0.3) is 0 Å². The minimum atomic E-state index is 0.721. The molecule has 12 heterocycles. The highest BCUT2D eigenvalue weighted by molar-refractivity contribution is 5.85. The van der Waals surface area contributed by atoms with Crippen LogP contribution in [0.2, 0.25) is 0 Å². The SMILES string of the molecule is C1=N\CCN2CC/N=C/c3ccc(cc3)/C=N/CCN(CC/N=C/c3ccc/1cc3)CC/N=C/c1ccc(cc1)/C=N/CC2. The van der Waals surface area contributed by atoms with Crippen molar-refractivity contribution in [3.63, 3.8) is 0 Å². The molecular weight excluding hydrogens is 544 g/mol. The van der Waals surface area contributed by atoms with E-state index in [1.165, 1.54) is 0 Å². The van der Waals surface area contributed by atoms with Gasteiger partial charge in [0.25, 0.3) is 0 Å². The molecule has 8 heteroatoms. The third-order valence-electron chi connectivity index (χ3n) is 7.52. The van der Waals surface area contributed by atoms with Crippen molar-refractivity contribution in [3.05, 3.63) is 106 Å². The lowest BCUT2D eigenvalue weighted by atomic mass is 10.1. The molecule has 0 aromatic heterocycles. The summed E-state index contributed by atoms with van der Waals surface area (Å²) in [4.78, 5) is 33.1. The molecule has 0 saturated carbocycles. The summed E-state index contributed by atoms with van der Waals surface area (Å²) in [5.74, 6) is 0. The van der Waals surface area contributed by atoms with Gasteiger partial charge in [-0.15, -0.1) is 0 Å². The molecule has 0 atom stereocenters. The summed E-state index contributed by atoms with van der Waals surface area (Å²) in [5.41, 5.74) is 6.56. The first-order valence-corrected chi connectivity index (χ1v) is 15.5. The fourth-order valence-corrected chi connectivity index (χ4v) is 4.89. The van der Waals surface area contributed by atoms with E-state index in [0.29, 0.717) is 0 Å². The van der Waals surface area contributed by atoms with E-state index in [0.717, 1.165) is 112 Å². The van der Waals surface area contributed by atoms with Gasteiger partial charge in [0.2, 0.25) is 0 Å². The summed E-state index contributed by atoms with van der Waals surface area (Å²) in [6.07, 6.45) is 11.7.